The fourth-order valence-corrected chi connectivity index (χ4v) is 5.01. The van der Waals surface area contributed by atoms with Gasteiger partial charge in [0, 0.05) is 56.4 Å². The van der Waals surface area contributed by atoms with Crippen molar-refractivity contribution in [3.63, 3.8) is 0 Å². The number of nitrogens with zero attached hydrogens (tertiary/aromatic N) is 6. The number of carbonyl (C=O) groups excluding carboxylic acids is 1. The summed E-state index contributed by atoms with van der Waals surface area (Å²) in [6.07, 6.45) is 3.86. The molecule has 2 fully saturated rings. The number of H-pyrrole nitrogens is 1. The fraction of sp³-hybridized carbons (Fsp3) is 0.357. The van der Waals surface area contributed by atoms with Gasteiger partial charge in [0.25, 0.3) is 5.91 Å². The zero-order chi connectivity index (χ0) is 27.8. The van der Waals surface area contributed by atoms with Crippen LogP contribution in [-0.4, -0.2) is 81.5 Å². The Kier molecular flexibility index (Phi) is 6.93. The summed E-state index contributed by atoms with van der Waals surface area (Å²) in [7, 11) is 0. The molecule has 0 bridgehead atoms. The first-order valence-corrected chi connectivity index (χ1v) is 13.4. The van der Waals surface area contributed by atoms with E-state index in [1.165, 1.54) is 12.4 Å². The molecule has 5 heterocycles. The molecule has 0 spiro atoms. The highest BCUT2D eigenvalue weighted by atomic mass is 19.1. The van der Waals surface area contributed by atoms with Gasteiger partial charge in [-0.25, -0.2) is 23.7 Å². The Hall–Kier alpha value is -4.32. The topological polar surface area (TPSA) is 103 Å². The largest absolute Gasteiger partial charge is 0.435 e. The molecule has 0 aliphatic carbocycles. The van der Waals surface area contributed by atoms with E-state index < -0.39 is 11.6 Å². The molecule has 40 heavy (non-hydrogen) atoms. The number of nitrogens with one attached hydrogen (secondary N) is 2. The summed E-state index contributed by atoms with van der Waals surface area (Å²) in [4.78, 5) is 35.5. The van der Waals surface area contributed by atoms with Crippen molar-refractivity contribution < 1.29 is 18.3 Å². The number of likely N-dealkylation sites (tertiary alicyclic amines) is 1. The normalized spacial score (nSPS) is 15.8. The first-order valence-electron chi connectivity index (χ1n) is 13.4. The van der Waals surface area contributed by atoms with Gasteiger partial charge in [-0.3, -0.25) is 4.79 Å². The van der Waals surface area contributed by atoms with Crippen molar-refractivity contribution in [2.24, 2.45) is 0 Å². The lowest BCUT2D eigenvalue weighted by Crippen LogP contribution is -2.46. The van der Waals surface area contributed by atoms with E-state index in [9.17, 15) is 9.18 Å². The first-order chi connectivity index (χ1) is 19.4. The molecule has 12 heteroatoms. The van der Waals surface area contributed by atoms with Gasteiger partial charge in [0.15, 0.2) is 23.2 Å². The van der Waals surface area contributed by atoms with Crippen LogP contribution in [0.2, 0.25) is 0 Å². The number of halogens is 2. The number of hydrogen-bond donors (Lipinski definition) is 2. The minimum atomic E-state index is -0.756. The second-order valence-electron chi connectivity index (χ2n) is 10.0. The standard InChI is InChI=1S/C28H30F2N8O2/c1-3-36-9-11-37(12-10-36)18-5-6-22(31-15-18)35-26-23(28(39)38-7-4-8-38)27(33-16-32-26)40-21-14-20(29)25-19(24(21)30)13-17(2)34-25/h5-6,13-16,34H,3-4,7-12H2,1-2H3,(H,31,32,33,35). The van der Waals surface area contributed by atoms with Crippen LogP contribution in [-0.2, 0) is 0 Å². The van der Waals surface area contributed by atoms with Crippen LogP contribution in [0.15, 0.2) is 36.8 Å². The smallest absolute Gasteiger partial charge is 0.263 e. The van der Waals surface area contributed by atoms with Crippen molar-refractivity contribution in [3.8, 4) is 11.6 Å². The Morgan fingerprint density at radius 1 is 1.07 bits per heavy atom. The van der Waals surface area contributed by atoms with Gasteiger partial charge in [0.1, 0.15) is 17.7 Å². The van der Waals surface area contributed by atoms with E-state index in [1.54, 1.807) is 18.0 Å². The van der Waals surface area contributed by atoms with Crippen LogP contribution in [0.3, 0.4) is 0 Å². The Balaban J connectivity index is 1.30. The number of aromatic nitrogens is 4. The van der Waals surface area contributed by atoms with Crippen LogP contribution in [0, 0.1) is 18.6 Å². The lowest BCUT2D eigenvalue weighted by Gasteiger charge is -2.35. The van der Waals surface area contributed by atoms with Crippen LogP contribution >= 0.6 is 0 Å². The second-order valence-corrected chi connectivity index (χ2v) is 10.0. The summed E-state index contributed by atoms with van der Waals surface area (Å²) in [5.41, 5.74) is 1.69. The number of anilines is 3. The molecule has 1 aromatic carbocycles. The number of aryl methyl sites for hydroxylation is 1. The van der Waals surface area contributed by atoms with Gasteiger partial charge in [-0.05, 0) is 38.1 Å². The molecule has 0 unspecified atom stereocenters. The van der Waals surface area contributed by atoms with Gasteiger partial charge >= 0.3 is 0 Å². The summed E-state index contributed by atoms with van der Waals surface area (Å²) < 4.78 is 35.8. The fourth-order valence-electron chi connectivity index (χ4n) is 5.01. The van der Waals surface area contributed by atoms with Gasteiger partial charge < -0.3 is 29.7 Å². The SMILES string of the molecule is CCN1CCN(c2ccc(Nc3ncnc(Oc4cc(F)c5[nH]c(C)cc5c4F)c3C(=O)N3CCC3)nc2)CC1. The number of rotatable bonds is 7. The number of amides is 1. The first kappa shape index (κ1) is 25.9. The molecular weight excluding hydrogens is 518 g/mol. The molecule has 2 aliphatic heterocycles. The quantitative estimate of drug-likeness (QED) is 0.349. The highest BCUT2D eigenvalue weighted by Crippen LogP contribution is 2.35. The lowest BCUT2D eigenvalue weighted by molar-refractivity contribution is 0.0649. The van der Waals surface area contributed by atoms with Gasteiger partial charge in [-0.2, -0.15) is 0 Å². The van der Waals surface area contributed by atoms with Crippen molar-refractivity contribution in [1.29, 1.82) is 0 Å². The Morgan fingerprint density at radius 3 is 2.55 bits per heavy atom. The third kappa shape index (κ3) is 4.90. The van der Waals surface area contributed by atoms with Crippen molar-refractivity contribution in [1.82, 2.24) is 29.7 Å². The number of fused-ring (bicyclic) bond motifs is 1. The monoisotopic (exact) mass is 548 g/mol. The molecular formula is C28H30F2N8O2. The molecule has 10 nitrogen and oxygen atoms in total. The van der Waals surface area contributed by atoms with Crippen molar-refractivity contribution in [2.75, 3.05) is 56.0 Å². The number of benzene rings is 1. The van der Waals surface area contributed by atoms with E-state index in [0.29, 0.717) is 24.6 Å². The molecule has 1 amide bonds. The third-order valence-electron chi connectivity index (χ3n) is 7.46. The van der Waals surface area contributed by atoms with Crippen LogP contribution in [0.1, 0.15) is 29.4 Å². The Morgan fingerprint density at radius 2 is 1.88 bits per heavy atom. The van der Waals surface area contributed by atoms with E-state index >= 15 is 4.39 Å². The van der Waals surface area contributed by atoms with Gasteiger partial charge in [-0.1, -0.05) is 6.92 Å². The van der Waals surface area contributed by atoms with Crippen molar-refractivity contribution >= 4 is 34.1 Å². The lowest BCUT2D eigenvalue weighted by atomic mass is 10.1. The second kappa shape index (κ2) is 10.7. The number of aromatic amines is 1. The average molecular weight is 549 g/mol. The summed E-state index contributed by atoms with van der Waals surface area (Å²) in [5.74, 6) is -1.72. The van der Waals surface area contributed by atoms with E-state index in [-0.39, 0.29) is 39.8 Å². The summed E-state index contributed by atoms with van der Waals surface area (Å²) in [5, 5.41) is 3.15. The number of carbonyl (C=O) groups is 1. The summed E-state index contributed by atoms with van der Waals surface area (Å²) >= 11 is 0. The molecule has 2 N–H and O–H groups in total. The predicted molar refractivity (Wildman–Crippen MR) is 147 cm³/mol. The summed E-state index contributed by atoms with van der Waals surface area (Å²) in [6, 6.07) is 6.23. The zero-order valence-corrected chi connectivity index (χ0v) is 22.4. The van der Waals surface area contributed by atoms with Crippen LogP contribution < -0.4 is 15.0 Å². The van der Waals surface area contributed by atoms with Crippen molar-refractivity contribution in [2.45, 2.75) is 20.3 Å². The maximum atomic E-state index is 15.3. The van der Waals surface area contributed by atoms with E-state index in [2.05, 4.69) is 42.0 Å². The molecule has 3 aromatic heterocycles. The molecule has 0 saturated carbocycles. The predicted octanol–water partition coefficient (Wildman–Crippen LogP) is 4.46. The Labute approximate surface area is 230 Å². The maximum absolute atomic E-state index is 15.3. The highest BCUT2D eigenvalue weighted by molar-refractivity contribution is 6.02. The number of piperazine rings is 1. The van der Waals surface area contributed by atoms with Gasteiger partial charge in [0.05, 0.1) is 17.4 Å². The molecule has 0 atom stereocenters. The minimum Gasteiger partial charge on any atom is -0.435 e. The van der Waals surface area contributed by atoms with Crippen LogP contribution in [0.25, 0.3) is 10.9 Å². The molecule has 0 radical (unpaired) electrons. The highest BCUT2D eigenvalue weighted by Gasteiger charge is 2.30. The average Bonchev–Trinajstić information content (AvgIpc) is 3.34. The Bertz CT molecular complexity index is 1550. The third-order valence-corrected chi connectivity index (χ3v) is 7.46. The number of ether oxygens (including phenoxy) is 1. The number of hydrogen-bond acceptors (Lipinski definition) is 8. The molecule has 2 saturated heterocycles. The van der Waals surface area contributed by atoms with Crippen LogP contribution in [0.5, 0.6) is 11.6 Å². The molecule has 2 aliphatic rings. The molecule has 208 valence electrons. The summed E-state index contributed by atoms with van der Waals surface area (Å²) in [6.45, 7) is 9.91. The number of pyridine rings is 1. The van der Waals surface area contributed by atoms with Gasteiger partial charge in [-0.15, -0.1) is 0 Å². The van der Waals surface area contributed by atoms with E-state index in [0.717, 1.165) is 50.9 Å². The van der Waals surface area contributed by atoms with Crippen LogP contribution in [0.4, 0.5) is 26.1 Å². The molecule has 4 aromatic rings. The van der Waals surface area contributed by atoms with E-state index in [4.69, 9.17) is 4.74 Å². The van der Waals surface area contributed by atoms with Gasteiger partial charge in [0.2, 0.25) is 5.88 Å². The van der Waals surface area contributed by atoms with Crippen molar-refractivity contribution in [3.05, 3.63) is 59.7 Å². The maximum Gasteiger partial charge on any atom is 0.263 e. The number of likely N-dealkylation sites (N-methyl/N-ethyl adjacent to an activating group) is 1. The zero-order valence-electron chi connectivity index (χ0n) is 22.4. The van der Waals surface area contributed by atoms with E-state index in [1.807, 2.05) is 12.1 Å². The minimum absolute atomic E-state index is 0.0221. The molecule has 6 rings (SSSR count).